The van der Waals surface area contributed by atoms with Crippen LogP contribution in [0.3, 0.4) is 0 Å². The normalized spacial score (nSPS) is 5.33. The molecule has 0 spiro atoms. The van der Waals surface area contributed by atoms with E-state index in [9.17, 15) is 0 Å². The molecular formula is C4H16Cl2N2O. The third kappa shape index (κ3) is 166. The summed E-state index contributed by atoms with van der Waals surface area (Å²) in [5, 5.41) is 2.75. The van der Waals surface area contributed by atoms with E-state index in [1.165, 1.54) is 0 Å². The highest BCUT2D eigenvalue weighted by molar-refractivity contribution is 5.85. The number of hydrogen-bond acceptors (Lipinski definition) is 3. The summed E-state index contributed by atoms with van der Waals surface area (Å²) in [4.78, 5) is 4.04. The van der Waals surface area contributed by atoms with Gasteiger partial charge in [-0.3, -0.25) is 0 Å². The van der Waals surface area contributed by atoms with Gasteiger partial charge < -0.3 is 10.2 Å². The second-order valence-corrected chi connectivity index (χ2v) is 0.955. The molecule has 3 nitrogen and oxygen atoms in total. The van der Waals surface area contributed by atoms with Crippen LogP contribution in [0.1, 0.15) is 6.92 Å². The van der Waals surface area contributed by atoms with Gasteiger partial charge in [0.05, 0.1) is 6.61 Å². The first-order chi connectivity index (χ1) is 3.33. The molecule has 0 heterocycles. The Morgan fingerprint density at radius 3 is 1.44 bits per heavy atom. The molecule has 0 aliphatic heterocycles. The number of nitrogens with one attached hydrogen (secondary N) is 1. The lowest BCUT2D eigenvalue weighted by atomic mass is 10.9. The van der Waals surface area contributed by atoms with E-state index < -0.39 is 0 Å². The van der Waals surface area contributed by atoms with Gasteiger partial charge in [-0.05, 0) is 21.0 Å². The summed E-state index contributed by atoms with van der Waals surface area (Å²) in [7, 11) is 3.75. The highest BCUT2D eigenvalue weighted by Gasteiger charge is 1.52. The van der Waals surface area contributed by atoms with Gasteiger partial charge in [-0.15, -0.1) is 24.8 Å². The molecule has 0 atom stereocenters. The second-order valence-electron chi connectivity index (χ2n) is 0.955. The summed E-state index contributed by atoms with van der Waals surface area (Å²) >= 11 is 0. The molecule has 5 heteroatoms. The topological polar surface area (TPSA) is 47.3 Å². The molecule has 0 unspecified atom stereocenters. The van der Waals surface area contributed by atoms with E-state index >= 15 is 0 Å². The van der Waals surface area contributed by atoms with E-state index in [0.717, 1.165) is 0 Å². The van der Waals surface area contributed by atoms with Crippen molar-refractivity contribution in [2.45, 2.75) is 6.92 Å². The van der Waals surface area contributed by atoms with E-state index in [4.69, 9.17) is 0 Å². The van der Waals surface area contributed by atoms with Crippen molar-refractivity contribution in [3.8, 4) is 0 Å². The summed E-state index contributed by atoms with van der Waals surface area (Å²) in [6.45, 7) is 2.43. The van der Waals surface area contributed by atoms with Gasteiger partial charge in [-0.1, -0.05) is 0 Å². The Labute approximate surface area is 69.1 Å². The lowest BCUT2D eigenvalue weighted by molar-refractivity contribution is 0.152. The molecule has 0 radical (unpaired) electrons. The molecule has 0 saturated heterocycles. The Hall–Kier alpha value is 0.460. The zero-order valence-corrected chi connectivity index (χ0v) is 7.64. The first-order valence-electron chi connectivity index (χ1n) is 2.23. The number of halogens is 2. The SMILES string of the molecule is CCON.CNC.Cl.Cl. The van der Waals surface area contributed by atoms with Crippen molar-refractivity contribution in [1.29, 1.82) is 0 Å². The van der Waals surface area contributed by atoms with Crippen LogP contribution in [0.5, 0.6) is 0 Å². The summed E-state index contributed by atoms with van der Waals surface area (Å²) in [6.07, 6.45) is 0. The van der Waals surface area contributed by atoms with Crippen LogP contribution in [-0.2, 0) is 4.84 Å². The molecule has 0 aliphatic rings. The zero-order chi connectivity index (χ0) is 6.12. The van der Waals surface area contributed by atoms with Crippen LogP contribution >= 0.6 is 24.8 Å². The Bertz CT molecular complexity index is 24.0. The molecule has 3 N–H and O–H groups in total. The fourth-order valence-corrected chi connectivity index (χ4v) is 0. The van der Waals surface area contributed by atoms with E-state index in [2.05, 4.69) is 16.1 Å². The van der Waals surface area contributed by atoms with Crippen LogP contribution < -0.4 is 11.2 Å². The third-order valence-corrected chi connectivity index (χ3v) is 0.167. The van der Waals surface area contributed by atoms with Crippen molar-refractivity contribution in [3.63, 3.8) is 0 Å². The largest absolute Gasteiger partial charge is 0.323 e. The molecule has 0 rings (SSSR count). The standard InChI is InChI=1S/C2H7NO.C2H7N.2ClH/c1-2-4-3;1-3-2;;/h2-3H2,1H3;3H,1-2H3;2*1H. The highest BCUT2D eigenvalue weighted by atomic mass is 35.5. The molecule has 0 aromatic carbocycles. The molecule has 0 bridgehead atoms. The molecule has 0 fully saturated rings. The average molecular weight is 179 g/mol. The monoisotopic (exact) mass is 178 g/mol. The van der Waals surface area contributed by atoms with Crippen LogP contribution in [-0.4, -0.2) is 20.7 Å². The van der Waals surface area contributed by atoms with Crippen molar-refractivity contribution in [3.05, 3.63) is 0 Å². The smallest absolute Gasteiger partial charge is 0.0651 e. The minimum absolute atomic E-state index is 0. The van der Waals surface area contributed by atoms with Crippen molar-refractivity contribution in [2.75, 3.05) is 20.7 Å². The van der Waals surface area contributed by atoms with Crippen molar-refractivity contribution < 1.29 is 4.84 Å². The van der Waals surface area contributed by atoms with Crippen LogP contribution in [0.4, 0.5) is 0 Å². The minimum Gasteiger partial charge on any atom is -0.323 e. The maximum Gasteiger partial charge on any atom is 0.0651 e. The van der Waals surface area contributed by atoms with E-state index in [0.29, 0.717) is 6.61 Å². The number of rotatable bonds is 1. The van der Waals surface area contributed by atoms with Crippen molar-refractivity contribution >= 4 is 24.8 Å². The quantitative estimate of drug-likeness (QED) is 0.578. The van der Waals surface area contributed by atoms with Crippen LogP contribution in [0.2, 0.25) is 0 Å². The fraction of sp³-hybridized carbons (Fsp3) is 1.00. The van der Waals surface area contributed by atoms with Crippen molar-refractivity contribution in [1.82, 2.24) is 5.32 Å². The molecule has 0 aromatic rings. The van der Waals surface area contributed by atoms with Gasteiger partial charge >= 0.3 is 0 Å². The summed E-state index contributed by atoms with van der Waals surface area (Å²) in [5.74, 6) is 4.53. The first kappa shape index (κ1) is 22.7. The van der Waals surface area contributed by atoms with Gasteiger partial charge in [0.1, 0.15) is 0 Å². The lowest BCUT2D eigenvalue weighted by Gasteiger charge is -1.76. The predicted molar refractivity (Wildman–Crippen MR) is 45.3 cm³/mol. The Kier molecular flexibility index (Phi) is 99.2. The summed E-state index contributed by atoms with van der Waals surface area (Å²) < 4.78 is 0. The molecule has 0 aromatic heterocycles. The van der Waals surface area contributed by atoms with Crippen LogP contribution in [0.25, 0.3) is 0 Å². The predicted octanol–water partition coefficient (Wildman–Crippen LogP) is 0.576. The number of hydrogen-bond donors (Lipinski definition) is 2. The average Bonchev–Trinajstić information content (AvgIpc) is 1.69. The van der Waals surface area contributed by atoms with Gasteiger partial charge in [0.15, 0.2) is 0 Å². The highest BCUT2D eigenvalue weighted by Crippen LogP contribution is 1.46. The molecule has 0 saturated carbocycles. The Morgan fingerprint density at radius 2 is 1.44 bits per heavy atom. The third-order valence-electron chi connectivity index (χ3n) is 0.167. The Morgan fingerprint density at radius 1 is 1.33 bits per heavy atom. The van der Waals surface area contributed by atoms with Gasteiger partial charge in [0.2, 0.25) is 0 Å². The molecule has 0 aliphatic carbocycles. The van der Waals surface area contributed by atoms with Gasteiger partial charge in [0, 0.05) is 0 Å². The molecule has 0 amide bonds. The minimum atomic E-state index is 0. The fourth-order valence-electron chi connectivity index (χ4n) is 0. The maximum atomic E-state index is 4.53. The van der Waals surface area contributed by atoms with Gasteiger partial charge in [-0.2, -0.15) is 0 Å². The molecular weight excluding hydrogens is 163 g/mol. The maximum absolute atomic E-state index is 4.53. The number of nitrogens with two attached hydrogens (primary N) is 1. The first-order valence-corrected chi connectivity index (χ1v) is 2.23. The van der Waals surface area contributed by atoms with Gasteiger partial charge in [0.25, 0.3) is 0 Å². The lowest BCUT2D eigenvalue weighted by Crippen LogP contribution is -1.94. The van der Waals surface area contributed by atoms with Crippen molar-refractivity contribution in [2.24, 2.45) is 5.90 Å². The van der Waals surface area contributed by atoms with Crippen LogP contribution in [0, 0.1) is 0 Å². The van der Waals surface area contributed by atoms with Gasteiger partial charge in [-0.25, -0.2) is 5.90 Å². The molecule has 62 valence electrons. The summed E-state index contributed by atoms with van der Waals surface area (Å²) in [5.41, 5.74) is 0. The van der Waals surface area contributed by atoms with E-state index in [1.54, 1.807) is 0 Å². The molecule has 9 heavy (non-hydrogen) atoms. The van der Waals surface area contributed by atoms with E-state index in [-0.39, 0.29) is 24.8 Å². The van der Waals surface area contributed by atoms with E-state index in [1.807, 2.05) is 21.0 Å². The summed E-state index contributed by atoms with van der Waals surface area (Å²) in [6, 6.07) is 0. The zero-order valence-electron chi connectivity index (χ0n) is 6.01. The van der Waals surface area contributed by atoms with Crippen LogP contribution in [0.15, 0.2) is 0 Å². The Balaban J connectivity index is -0.0000000233. The second kappa shape index (κ2) is 39.3.